The lowest BCUT2D eigenvalue weighted by molar-refractivity contribution is -0.275. The average molecular weight is 314 g/mol. The Labute approximate surface area is 128 Å². The van der Waals surface area contributed by atoms with Crippen molar-refractivity contribution in [2.24, 2.45) is 0 Å². The van der Waals surface area contributed by atoms with Gasteiger partial charge in [0, 0.05) is 0 Å². The topological polar surface area (TPSA) is 29.5 Å². The summed E-state index contributed by atoms with van der Waals surface area (Å²) in [5.74, 6) is 0.477. The number of aliphatic hydroxyl groups excluding tert-OH is 1. The van der Waals surface area contributed by atoms with Gasteiger partial charge >= 0.3 is 6.36 Å². The van der Waals surface area contributed by atoms with E-state index in [-0.39, 0.29) is 17.8 Å². The van der Waals surface area contributed by atoms with Crippen LogP contribution >= 0.6 is 0 Å². The van der Waals surface area contributed by atoms with Gasteiger partial charge in [-0.3, -0.25) is 0 Å². The highest BCUT2D eigenvalue weighted by atomic mass is 19.4. The van der Waals surface area contributed by atoms with Gasteiger partial charge in [0.25, 0.3) is 0 Å². The smallest absolute Gasteiger partial charge is 0.405 e. The first-order valence-corrected chi connectivity index (χ1v) is 8.00. The van der Waals surface area contributed by atoms with E-state index in [1.165, 1.54) is 6.07 Å². The highest BCUT2D eigenvalue weighted by Crippen LogP contribution is 2.44. The minimum Gasteiger partial charge on any atom is -0.405 e. The maximum absolute atomic E-state index is 12.6. The molecule has 0 radical (unpaired) electrons. The molecule has 1 N–H and O–H groups in total. The largest absolute Gasteiger partial charge is 0.573 e. The van der Waals surface area contributed by atoms with E-state index < -0.39 is 6.36 Å². The predicted molar refractivity (Wildman–Crippen MR) is 76.9 cm³/mol. The lowest BCUT2D eigenvalue weighted by Gasteiger charge is -2.30. The van der Waals surface area contributed by atoms with Crippen LogP contribution in [0.25, 0.3) is 0 Å². The normalized spacial score (nSPS) is 26.5. The molecule has 0 spiro atoms. The van der Waals surface area contributed by atoms with Crippen molar-refractivity contribution in [3.8, 4) is 5.75 Å². The number of ether oxygens (including phenoxy) is 1. The van der Waals surface area contributed by atoms with E-state index in [9.17, 15) is 18.3 Å². The summed E-state index contributed by atoms with van der Waals surface area (Å²) in [6, 6.07) is 5.14. The van der Waals surface area contributed by atoms with Crippen molar-refractivity contribution in [3.63, 3.8) is 0 Å². The molecule has 0 aliphatic heterocycles. The molecule has 2 saturated carbocycles. The summed E-state index contributed by atoms with van der Waals surface area (Å²) >= 11 is 0. The van der Waals surface area contributed by atoms with Gasteiger partial charge in [0.05, 0.1) is 6.10 Å². The van der Waals surface area contributed by atoms with Crippen molar-refractivity contribution in [1.82, 2.24) is 0 Å². The fraction of sp³-hybridized carbons (Fsp3) is 0.647. The van der Waals surface area contributed by atoms with Crippen LogP contribution in [0.3, 0.4) is 0 Å². The van der Waals surface area contributed by atoms with Crippen LogP contribution in [-0.4, -0.2) is 17.6 Å². The number of hydrogen-bond donors (Lipinski definition) is 1. The first kappa shape index (κ1) is 15.7. The first-order chi connectivity index (χ1) is 10.4. The molecule has 2 aliphatic carbocycles. The third kappa shape index (κ3) is 3.57. The lowest BCUT2D eigenvalue weighted by Crippen LogP contribution is -2.21. The van der Waals surface area contributed by atoms with E-state index in [1.54, 1.807) is 6.07 Å². The summed E-state index contributed by atoms with van der Waals surface area (Å²) in [5.41, 5.74) is 1.79. The molecule has 2 aliphatic rings. The van der Waals surface area contributed by atoms with Crippen molar-refractivity contribution in [2.45, 2.75) is 69.2 Å². The molecule has 22 heavy (non-hydrogen) atoms. The second kappa shape index (κ2) is 6.11. The summed E-state index contributed by atoms with van der Waals surface area (Å²) in [7, 11) is 0. The summed E-state index contributed by atoms with van der Waals surface area (Å²) in [5, 5.41) is 9.59. The van der Waals surface area contributed by atoms with Gasteiger partial charge in [-0.05, 0) is 67.6 Å². The number of benzene rings is 1. The SMILES string of the molecule is OC1CCC(c2ccc(OC(F)(F)F)c(C3CCC3)c2)CC1. The van der Waals surface area contributed by atoms with Crippen molar-refractivity contribution in [2.75, 3.05) is 0 Å². The fourth-order valence-corrected chi connectivity index (χ4v) is 3.49. The van der Waals surface area contributed by atoms with Crippen LogP contribution in [0, 0.1) is 0 Å². The molecule has 0 saturated heterocycles. The van der Waals surface area contributed by atoms with Crippen molar-refractivity contribution >= 4 is 0 Å². The molecule has 0 unspecified atom stereocenters. The van der Waals surface area contributed by atoms with Crippen LogP contribution in [-0.2, 0) is 0 Å². The Balaban J connectivity index is 1.83. The molecule has 0 heterocycles. The van der Waals surface area contributed by atoms with Crippen LogP contribution in [0.2, 0.25) is 0 Å². The summed E-state index contributed by atoms with van der Waals surface area (Å²) in [6.45, 7) is 0. The van der Waals surface area contributed by atoms with E-state index in [1.807, 2.05) is 6.07 Å². The standard InChI is InChI=1S/C17H21F3O2/c18-17(19,20)22-16-9-6-13(10-15(16)12-2-1-3-12)11-4-7-14(21)8-5-11/h6,9-12,14,21H,1-5,7-8H2. The molecule has 1 aromatic carbocycles. The van der Waals surface area contributed by atoms with Gasteiger partial charge in [0.1, 0.15) is 5.75 Å². The van der Waals surface area contributed by atoms with Crippen LogP contribution < -0.4 is 4.74 Å². The van der Waals surface area contributed by atoms with Crippen molar-refractivity contribution in [1.29, 1.82) is 0 Å². The third-order valence-electron chi connectivity index (χ3n) is 4.97. The molecule has 2 nitrogen and oxygen atoms in total. The highest BCUT2D eigenvalue weighted by molar-refractivity contribution is 5.42. The molecule has 0 atom stereocenters. The number of halogens is 3. The Morgan fingerprint density at radius 3 is 2.18 bits per heavy atom. The number of rotatable bonds is 3. The molecule has 0 amide bonds. The maximum Gasteiger partial charge on any atom is 0.573 e. The Morgan fingerprint density at radius 2 is 1.64 bits per heavy atom. The third-order valence-corrected chi connectivity index (χ3v) is 4.97. The Morgan fingerprint density at radius 1 is 0.955 bits per heavy atom. The van der Waals surface area contributed by atoms with Crippen LogP contribution in [0.4, 0.5) is 13.2 Å². The Hall–Kier alpha value is -1.23. The number of hydrogen-bond acceptors (Lipinski definition) is 2. The predicted octanol–water partition coefficient (Wildman–Crippen LogP) is 4.87. The van der Waals surface area contributed by atoms with Crippen LogP contribution in [0.15, 0.2) is 18.2 Å². The van der Waals surface area contributed by atoms with Gasteiger partial charge in [-0.25, -0.2) is 0 Å². The van der Waals surface area contributed by atoms with Crippen molar-refractivity contribution in [3.05, 3.63) is 29.3 Å². The molecule has 5 heteroatoms. The van der Waals surface area contributed by atoms with E-state index in [2.05, 4.69) is 4.74 Å². The molecule has 0 aromatic heterocycles. The molecule has 0 bridgehead atoms. The van der Waals surface area contributed by atoms with E-state index in [0.717, 1.165) is 50.5 Å². The molecule has 2 fully saturated rings. The molecular formula is C17H21F3O2. The zero-order valence-corrected chi connectivity index (χ0v) is 12.4. The van der Waals surface area contributed by atoms with Gasteiger partial charge in [-0.2, -0.15) is 0 Å². The maximum atomic E-state index is 12.6. The summed E-state index contributed by atoms with van der Waals surface area (Å²) < 4.78 is 41.9. The molecule has 122 valence electrons. The monoisotopic (exact) mass is 314 g/mol. The lowest BCUT2D eigenvalue weighted by atomic mass is 9.77. The number of aliphatic hydroxyl groups is 1. The van der Waals surface area contributed by atoms with Crippen LogP contribution in [0.1, 0.15) is 67.9 Å². The number of alkyl halides is 3. The minimum atomic E-state index is -4.64. The Kier molecular flexibility index (Phi) is 4.35. The molecule has 1 aromatic rings. The highest BCUT2D eigenvalue weighted by Gasteiger charge is 2.34. The zero-order chi connectivity index (χ0) is 15.7. The van der Waals surface area contributed by atoms with Gasteiger partial charge in [-0.1, -0.05) is 18.6 Å². The Bertz CT molecular complexity index is 515. The van der Waals surface area contributed by atoms with Gasteiger partial charge in [-0.15, -0.1) is 13.2 Å². The first-order valence-electron chi connectivity index (χ1n) is 8.00. The zero-order valence-electron chi connectivity index (χ0n) is 12.4. The molecular weight excluding hydrogens is 293 g/mol. The second-order valence-electron chi connectivity index (χ2n) is 6.48. The van der Waals surface area contributed by atoms with Gasteiger partial charge < -0.3 is 9.84 Å². The quantitative estimate of drug-likeness (QED) is 0.862. The minimum absolute atomic E-state index is 0.0446. The summed E-state index contributed by atoms with van der Waals surface area (Å²) in [6.07, 6.45) is 1.38. The van der Waals surface area contributed by atoms with Gasteiger partial charge in [0.2, 0.25) is 0 Å². The van der Waals surface area contributed by atoms with E-state index >= 15 is 0 Å². The van der Waals surface area contributed by atoms with E-state index in [4.69, 9.17) is 0 Å². The second-order valence-corrected chi connectivity index (χ2v) is 6.48. The van der Waals surface area contributed by atoms with Crippen molar-refractivity contribution < 1.29 is 23.0 Å². The van der Waals surface area contributed by atoms with Crippen LogP contribution in [0.5, 0.6) is 5.75 Å². The van der Waals surface area contributed by atoms with Gasteiger partial charge in [0.15, 0.2) is 0 Å². The molecule has 3 rings (SSSR count). The summed E-state index contributed by atoms with van der Waals surface area (Å²) in [4.78, 5) is 0. The van der Waals surface area contributed by atoms with E-state index in [0.29, 0.717) is 11.5 Å². The average Bonchev–Trinajstić information content (AvgIpc) is 2.38. The fourth-order valence-electron chi connectivity index (χ4n) is 3.49.